The van der Waals surface area contributed by atoms with Crippen LogP contribution < -0.4 is 0 Å². The zero-order valence-electron chi connectivity index (χ0n) is 5.54. The van der Waals surface area contributed by atoms with Crippen LogP contribution in [-0.2, 0) is 0 Å². The van der Waals surface area contributed by atoms with Crippen molar-refractivity contribution in [3.8, 4) is 0 Å². The molecule has 0 unspecified atom stereocenters. The minimum absolute atomic E-state index is 0. The van der Waals surface area contributed by atoms with Gasteiger partial charge in [-0.15, -0.1) is 0 Å². The molecule has 1 aromatic carbocycles. The van der Waals surface area contributed by atoms with Crippen LogP contribution >= 0.6 is 22.6 Å². The van der Waals surface area contributed by atoms with Gasteiger partial charge in [0.05, 0.1) is 5.56 Å². The lowest BCUT2D eigenvalue weighted by atomic mass is 10.2. The van der Waals surface area contributed by atoms with Crippen LogP contribution in [0.15, 0.2) is 24.3 Å². The molecule has 0 aliphatic carbocycles. The van der Waals surface area contributed by atoms with E-state index in [4.69, 9.17) is 5.11 Å². The van der Waals surface area contributed by atoms with Crippen LogP contribution in [0.25, 0.3) is 0 Å². The van der Waals surface area contributed by atoms with Gasteiger partial charge >= 0.3 is 5.97 Å². The molecule has 1 aromatic rings. The number of benzene rings is 1. The van der Waals surface area contributed by atoms with E-state index >= 15 is 0 Å². The van der Waals surface area contributed by atoms with Crippen molar-refractivity contribution in [3.63, 3.8) is 0 Å². The number of hydrogen-bond acceptors (Lipinski definition) is 1. The average Bonchev–Trinajstić information content (AvgIpc) is 1.88. The van der Waals surface area contributed by atoms with Crippen LogP contribution in [0.4, 0.5) is 0 Å². The van der Waals surface area contributed by atoms with Crippen molar-refractivity contribution in [2.45, 2.75) is 0 Å². The van der Waals surface area contributed by atoms with E-state index in [2.05, 4.69) is 0 Å². The van der Waals surface area contributed by atoms with E-state index in [-0.39, 0.29) is 5.48 Å². The third-order valence-corrected chi connectivity index (χ3v) is 2.04. The van der Waals surface area contributed by atoms with Gasteiger partial charge in [0, 0.05) is 3.57 Å². The number of carboxylic acid groups (broad SMARTS) is 1. The average molecular weight is 266 g/mol. The molecule has 0 aromatic heterocycles. The summed E-state index contributed by atoms with van der Waals surface area (Å²) in [6.45, 7) is 0. The summed E-state index contributed by atoms with van der Waals surface area (Å²) in [5, 5.41) is 8.56. The molecule has 0 aliphatic rings. The number of aromatic carboxylic acids is 1. The Morgan fingerprint density at radius 2 is 1.91 bits per heavy atom. The van der Waals surface area contributed by atoms with E-state index in [9.17, 15) is 4.79 Å². The molecular formula is C7H7IO3. The Labute approximate surface area is 77.5 Å². The van der Waals surface area contributed by atoms with Gasteiger partial charge in [0.1, 0.15) is 0 Å². The lowest BCUT2D eigenvalue weighted by Gasteiger charge is -1.94. The summed E-state index contributed by atoms with van der Waals surface area (Å²) in [7, 11) is 0. The normalized spacial score (nSPS) is 8.45. The summed E-state index contributed by atoms with van der Waals surface area (Å²) in [6.07, 6.45) is 0. The highest BCUT2D eigenvalue weighted by atomic mass is 127. The Balaban J connectivity index is 0.000001000. The minimum atomic E-state index is -0.870. The zero-order valence-corrected chi connectivity index (χ0v) is 7.70. The van der Waals surface area contributed by atoms with Crippen molar-refractivity contribution in [1.29, 1.82) is 0 Å². The molecule has 0 bridgehead atoms. The zero-order chi connectivity index (χ0) is 7.56. The van der Waals surface area contributed by atoms with Gasteiger partial charge in [-0.3, -0.25) is 0 Å². The number of rotatable bonds is 1. The highest BCUT2D eigenvalue weighted by molar-refractivity contribution is 14.1. The fourth-order valence-corrected chi connectivity index (χ4v) is 1.25. The van der Waals surface area contributed by atoms with E-state index in [0.717, 1.165) is 3.57 Å². The highest BCUT2D eigenvalue weighted by Crippen LogP contribution is 2.10. The first-order chi connectivity index (χ1) is 4.72. The molecule has 0 fully saturated rings. The van der Waals surface area contributed by atoms with E-state index in [0.29, 0.717) is 5.56 Å². The van der Waals surface area contributed by atoms with Crippen molar-refractivity contribution in [3.05, 3.63) is 33.4 Å². The van der Waals surface area contributed by atoms with Gasteiger partial charge in [-0.1, -0.05) is 12.1 Å². The summed E-state index contributed by atoms with van der Waals surface area (Å²) >= 11 is 1.99. The predicted molar refractivity (Wildman–Crippen MR) is 49.7 cm³/mol. The molecule has 0 spiro atoms. The van der Waals surface area contributed by atoms with E-state index in [1.807, 2.05) is 28.7 Å². The Bertz CT molecular complexity index is 260. The molecule has 0 radical (unpaired) electrons. The van der Waals surface area contributed by atoms with E-state index in [1.54, 1.807) is 18.2 Å². The number of halogens is 1. The Hall–Kier alpha value is -0.620. The molecule has 60 valence electrons. The SMILES string of the molecule is O.O=C(O)c1ccccc1I. The van der Waals surface area contributed by atoms with Crippen molar-refractivity contribution < 1.29 is 15.4 Å². The highest BCUT2D eigenvalue weighted by Gasteiger charge is 2.04. The molecular weight excluding hydrogens is 259 g/mol. The molecule has 0 saturated heterocycles. The second-order valence-electron chi connectivity index (χ2n) is 1.78. The third-order valence-electron chi connectivity index (χ3n) is 1.10. The van der Waals surface area contributed by atoms with Crippen LogP contribution in [0.2, 0.25) is 0 Å². The lowest BCUT2D eigenvalue weighted by Crippen LogP contribution is -1.97. The van der Waals surface area contributed by atoms with Crippen LogP contribution in [0.1, 0.15) is 10.4 Å². The first kappa shape index (κ1) is 10.4. The van der Waals surface area contributed by atoms with E-state index < -0.39 is 5.97 Å². The van der Waals surface area contributed by atoms with E-state index in [1.165, 1.54) is 0 Å². The van der Waals surface area contributed by atoms with Gasteiger partial charge in [0.25, 0.3) is 0 Å². The lowest BCUT2D eigenvalue weighted by molar-refractivity contribution is 0.0695. The molecule has 0 heterocycles. The number of carbonyl (C=O) groups is 1. The van der Waals surface area contributed by atoms with Gasteiger partial charge in [0.2, 0.25) is 0 Å². The van der Waals surface area contributed by atoms with Crippen LogP contribution in [0, 0.1) is 3.57 Å². The number of hydrogen-bond donors (Lipinski definition) is 1. The van der Waals surface area contributed by atoms with Gasteiger partial charge < -0.3 is 10.6 Å². The molecule has 0 atom stereocenters. The third kappa shape index (κ3) is 2.47. The largest absolute Gasteiger partial charge is 0.478 e. The summed E-state index contributed by atoms with van der Waals surface area (Å²) in [4.78, 5) is 10.4. The molecule has 0 aliphatic heterocycles. The standard InChI is InChI=1S/C7H5IO2.H2O/c8-6-4-2-1-3-5(6)7(9)10;/h1-4H,(H,9,10);1H2. The van der Waals surface area contributed by atoms with Crippen molar-refractivity contribution in [2.75, 3.05) is 0 Å². The first-order valence-electron chi connectivity index (χ1n) is 2.69. The minimum Gasteiger partial charge on any atom is -0.478 e. The molecule has 1 rings (SSSR count). The Kier molecular flexibility index (Phi) is 4.06. The van der Waals surface area contributed by atoms with Crippen LogP contribution in [0.5, 0.6) is 0 Å². The molecule has 0 saturated carbocycles. The molecule has 0 amide bonds. The maximum atomic E-state index is 10.4. The van der Waals surface area contributed by atoms with Gasteiger partial charge in [-0.25, -0.2) is 4.79 Å². The van der Waals surface area contributed by atoms with Crippen LogP contribution in [0.3, 0.4) is 0 Å². The maximum Gasteiger partial charge on any atom is 0.336 e. The summed E-state index contributed by atoms with van der Waals surface area (Å²) in [6, 6.07) is 6.88. The van der Waals surface area contributed by atoms with Crippen molar-refractivity contribution in [2.24, 2.45) is 0 Å². The smallest absolute Gasteiger partial charge is 0.336 e. The summed E-state index contributed by atoms with van der Waals surface area (Å²) in [5.74, 6) is -0.870. The maximum absolute atomic E-state index is 10.4. The molecule has 3 nitrogen and oxygen atoms in total. The molecule has 3 N–H and O–H groups in total. The molecule has 4 heteroatoms. The monoisotopic (exact) mass is 266 g/mol. The van der Waals surface area contributed by atoms with Crippen molar-refractivity contribution >= 4 is 28.6 Å². The number of carboxylic acids is 1. The molecule has 11 heavy (non-hydrogen) atoms. The first-order valence-corrected chi connectivity index (χ1v) is 3.77. The Morgan fingerprint density at radius 1 is 1.36 bits per heavy atom. The quantitative estimate of drug-likeness (QED) is 0.775. The topological polar surface area (TPSA) is 68.8 Å². The van der Waals surface area contributed by atoms with Gasteiger partial charge in [0.15, 0.2) is 0 Å². The second-order valence-corrected chi connectivity index (χ2v) is 2.95. The Morgan fingerprint density at radius 3 is 2.27 bits per heavy atom. The fraction of sp³-hybridized carbons (Fsp3) is 0. The summed E-state index contributed by atoms with van der Waals surface area (Å²) in [5.41, 5.74) is 0.364. The van der Waals surface area contributed by atoms with Crippen molar-refractivity contribution in [1.82, 2.24) is 0 Å². The predicted octanol–water partition coefficient (Wildman–Crippen LogP) is 1.16. The fourth-order valence-electron chi connectivity index (χ4n) is 0.635. The van der Waals surface area contributed by atoms with Gasteiger partial charge in [-0.05, 0) is 34.7 Å². The second kappa shape index (κ2) is 4.30. The summed E-state index contributed by atoms with van der Waals surface area (Å²) < 4.78 is 0.771. The van der Waals surface area contributed by atoms with Gasteiger partial charge in [-0.2, -0.15) is 0 Å². The van der Waals surface area contributed by atoms with Crippen LogP contribution in [-0.4, -0.2) is 16.6 Å².